The van der Waals surface area contributed by atoms with Crippen molar-refractivity contribution >= 4 is 23.3 Å². The third-order valence-corrected chi connectivity index (χ3v) is 3.63. The van der Waals surface area contributed by atoms with Crippen molar-refractivity contribution in [2.75, 3.05) is 6.54 Å². The number of hydrogen-bond acceptors (Lipinski definition) is 4. The molecule has 1 saturated carbocycles. The van der Waals surface area contributed by atoms with Gasteiger partial charge in [-0.25, -0.2) is 0 Å². The van der Waals surface area contributed by atoms with Crippen molar-refractivity contribution in [1.82, 2.24) is 4.90 Å². The largest absolute Gasteiger partial charge is 0.452 e. The molecule has 1 heterocycles. The maximum absolute atomic E-state index is 12.5. The lowest BCUT2D eigenvalue weighted by molar-refractivity contribution is 0.0712. The monoisotopic (exact) mass is 285 g/mol. The Morgan fingerprint density at radius 2 is 2.26 bits per heavy atom. The number of furan rings is 1. The van der Waals surface area contributed by atoms with E-state index in [0.717, 1.165) is 25.7 Å². The fraction of sp³-hybridized carbons (Fsp3) is 0.500. The Hall–Kier alpha value is -1.69. The molecule has 0 unspecified atom stereocenters. The zero-order valence-corrected chi connectivity index (χ0v) is 11.1. The van der Waals surface area contributed by atoms with Crippen LogP contribution in [0.15, 0.2) is 21.9 Å². The molecule has 0 aromatic carbocycles. The van der Waals surface area contributed by atoms with Gasteiger partial charge in [-0.1, -0.05) is 18.0 Å². The van der Waals surface area contributed by atoms with Crippen molar-refractivity contribution < 1.29 is 14.4 Å². The van der Waals surface area contributed by atoms with E-state index in [2.05, 4.69) is 5.16 Å². The van der Waals surface area contributed by atoms with Crippen molar-refractivity contribution in [2.24, 2.45) is 10.9 Å². The van der Waals surface area contributed by atoms with E-state index in [1.807, 2.05) is 0 Å². The molecule has 1 aromatic rings. The van der Waals surface area contributed by atoms with Gasteiger partial charge in [0.05, 0.1) is 18.4 Å². The van der Waals surface area contributed by atoms with E-state index >= 15 is 0 Å². The average Bonchev–Trinajstić information content (AvgIpc) is 3.05. The van der Waals surface area contributed by atoms with Crippen LogP contribution in [0.25, 0.3) is 0 Å². The molecule has 7 heteroatoms. The highest BCUT2D eigenvalue weighted by atomic mass is 35.5. The molecular formula is C12H16ClN3O3. The van der Waals surface area contributed by atoms with Gasteiger partial charge < -0.3 is 20.3 Å². The third kappa shape index (κ3) is 3.01. The summed E-state index contributed by atoms with van der Waals surface area (Å²) in [5.41, 5.74) is 5.83. The van der Waals surface area contributed by atoms with E-state index in [4.69, 9.17) is 27.0 Å². The van der Waals surface area contributed by atoms with Gasteiger partial charge in [0.25, 0.3) is 5.91 Å². The SMILES string of the molecule is N/C(CN(C(=O)c1ccoc1Cl)C1CCCC1)=N/O. The molecule has 19 heavy (non-hydrogen) atoms. The van der Waals surface area contributed by atoms with E-state index in [1.54, 1.807) is 4.90 Å². The lowest BCUT2D eigenvalue weighted by Gasteiger charge is -2.28. The number of oxime groups is 1. The predicted molar refractivity (Wildman–Crippen MR) is 70.4 cm³/mol. The van der Waals surface area contributed by atoms with E-state index in [9.17, 15) is 4.79 Å². The maximum atomic E-state index is 12.5. The van der Waals surface area contributed by atoms with Crippen LogP contribution in [0.2, 0.25) is 5.22 Å². The summed E-state index contributed by atoms with van der Waals surface area (Å²) in [7, 11) is 0. The van der Waals surface area contributed by atoms with Crippen molar-refractivity contribution in [3.63, 3.8) is 0 Å². The van der Waals surface area contributed by atoms with E-state index < -0.39 is 0 Å². The molecule has 0 atom stereocenters. The smallest absolute Gasteiger partial charge is 0.259 e. The summed E-state index contributed by atoms with van der Waals surface area (Å²) in [5.74, 6) is -0.253. The number of amides is 1. The number of amidine groups is 1. The molecule has 0 spiro atoms. The van der Waals surface area contributed by atoms with Crippen LogP contribution in [0.3, 0.4) is 0 Å². The molecule has 0 aliphatic heterocycles. The van der Waals surface area contributed by atoms with Crippen LogP contribution in [0, 0.1) is 0 Å². The fourth-order valence-electron chi connectivity index (χ4n) is 2.39. The maximum Gasteiger partial charge on any atom is 0.259 e. The Kier molecular flexibility index (Phi) is 4.31. The molecule has 0 radical (unpaired) electrons. The summed E-state index contributed by atoms with van der Waals surface area (Å²) in [4.78, 5) is 14.1. The van der Waals surface area contributed by atoms with E-state index in [1.165, 1.54) is 12.3 Å². The molecule has 2 rings (SSSR count). The zero-order chi connectivity index (χ0) is 13.8. The van der Waals surface area contributed by atoms with Crippen molar-refractivity contribution in [1.29, 1.82) is 0 Å². The molecule has 0 bridgehead atoms. The summed E-state index contributed by atoms with van der Waals surface area (Å²) in [5, 5.41) is 11.7. The van der Waals surface area contributed by atoms with E-state index in [-0.39, 0.29) is 29.5 Å². The molecule has 104 valence electrons. The van der Waals surface area contributed by atoms with Crippen LogP contribution >= 0.6 is 11.6 Å². The van der Waals surface area contributed by atoms with Crippen molar-refractivity contribution in [3.8, 4) is 0 Å². The lowest BCUT2D eigenvalue weighted by Crippen LogP contribution is -2.44. The first-order valence-corrected chi connectivity index (χ1v) is 6.51. The first-order chi connectivity index (χ1) is 9.13. The van der Waals surface area contributed by atoms with Gasteiger partial charge in [0.1, 0.15) is 0 Å². The second-order valence-electron chi connectivity index (χ2n) is 4.57. The van der Waals surface area contributed by atoms with E-state index in [0.29, 0.717) is 5.56 Å². The molecule has 1 aliphatic carbocycles. The second kappa shape index (κ2) is 5.97. The normalized spacial score (nSPS) is 16.8. The molecular weight excluding hydrogens is 270 g/mol. The van der Waals surface area contributed by atoms with Crippen LogP contribution in [0.1, 0.15) is 36.0 Å². The summed E-state index contributed by atoms with van der Waals surface area (Å²) in [6.45, 7) is 0.0848. The minimum Gasteiger partial charge on any atom is -0.452 e. The Labute approximate surface area is 115 Å². The summed E-state index contributed by atoms with van der Waals surface area (Å²) in [6.07, 6.45) is 5.35. The minimum atomic E-state index is -0.253. The van der Waals surface area contributed by atoms with Crippen LogP contribution in [-0.2, 0) is 0 Å². The first kappa shape index (κ1) is 13.7. The van der Waals surface area contributed by atoms with Crippen LogP contribution in [0.5, 0.6) is 0 Å². The Bertz CT molecular complexity index is 480. The Morgan fingerprint density at radius 1 is 1.58 bits per heavy atom. The first-order valence-electron chi connectivity index (χ1n) is 6.14. The van der Waals surface area contributed by atoms with Gasteiger partial charge in [0.2, 0.25) is 5.22 Å². The lowest BCUT2D eigenvalue weighted by atomic mass is 10.1. The summed E-state index contributed by atoms with van der Waals surface area (Å²) in [6, 6.07) is 1.62. The number of carbonyl (C=O) groups is 1. The molecule has 1 fully saturated rings. The molecule has 1 aromatic heterocycles. The molecule has 1 amide bonds. The standard InChI is InChI=1S/C12H16ClN3O3/c13-11-9(5-6-19-11)12(17)16(7-10(14)15-18)8-3-1-2-4-8/h5-6,8,18H,1-4,7H2,(H2,14,15). The second-order valence-corrected chi connectivity index (χ2v) is 4.91. The number of rotatable bonds is 4. The number of hydrogen-bond donors (Lipinski definition) is 2. The summed E-state index contributed by atoms with van der Waals surface area (Å²) >= 11 is 5.83. The van der Waals surface area contributed by atoms with Gasteiger partial charge in [0.15, 0.2) is 5.84 Å². The summed E-state index contributed by atoms with van der Waals surface area (Å²) < 4.78 is 4.94. The topological polar surface area (TPSA) is 92.1 Å². The highest BCUT2D eigenvalue weighted by Crippen LogP contribution is 2.27. The van der Waals surface area contributed by atoms with Crippen LogP contribution in [-0.4, -0.2) is 34.4 Å². The molecule has 1 aliphatic rings. The van der Waals surface area contributed by atoms with Gasteiger partial charge in [-0.3, -0.25) is 4.79 Å². The highest BCUT2D eigenvalue weighted by Gasteiger charge is 2.30. The number of halogens is 1. The van der Waals surface area contributed by atoms with Gasteiger partial charge >= 0.3 is 0 Å². The molecule has 0 saturated heterocycles. The van der Waals surface area contributed by atoms with Gasteiger partial charge in [-0.05, 0) is 30.5 Å². The quantitative estimate of drug-likeness (QED) is 0.383. The van der Waals surface area contributed by atoms with Gasteiger partial charge in [0, 0.05) is 6.04 Å². The zero-order valence-electron chi connectivity index (χ0n) is 10.4. The fourth-order valence-corrected chi connectivity index (χ4v) is 2.58. The Balaban J connectivity index is 2.21. The van der Waals surface area contributed by atoms with Crippen molar-refractivity contribution in [2.45, 2.75) is 31.7 Å². The van der Waals surface area contributed by atoms with Gasteiger partial charge in [-0.2, -0.15) is 0 Å². The number of carbonyl (C=O) groups excluding carboxylic acids is 1. The van der Waals surface area contributed by atoms with Crippen molar-refractivity contribution in [3.05, 3.63) is 23.1 Å². The average molecular weight is 286 g/mol. The number of nitrogens with zero attached hydrogens (tertiary/aromatic N) is 2. The third-order valence-electron chi connectivity index (χ3n) is 3.34. The van der Waals surface area contributed by atoms with Crippen LogP contribution < -0.4 is 5.73 Å². The minimum absolute atomic E-state index is 0.000123. The molecule has 3 N–H and O–H groups in total. The number of nitrogens with two attached hydrogens (primary N) is 1. The highest BCUT2D eigenvalue weighted by molar-refractivity contribution is 6.32. The Morgan fingerprint density at radius 3 is 2.79 bits per heavy atom. The van der Waals surface area contributed by atoms with Gasteiger partial charge in [-0.15, -0.1) is 0 Å². The van der Waals surface area contributed by atoms with Crippen LogP contribution in [0.4, 0.5) is 0 Å². The predicted octanol–water partition coefficient (Wildman–Crippen LogP) is 2.06. The molecule has 6 nitrogen and oxygen atoms in total.